The van der Waals surface area contributed by atoms with Crippen LogP contribution < -0.4 is 10.3 Å². The predicted octanol–water partition coefficient (Wildman–Crippen LogP) is 3.43. The number of amidine groups is 1. The normalized spacial score (nSPS) is 15.8. The first-order valence-electron chi connectivity index (χ1n) is 7.20. The third-order valence-corrected chi connectivity index (χ3v) is 4.52. The minimum absolute atomic E-state index is 0.0682. The highest BCUT2D eigenvalue weighted by Crippen LogP contribution is 2.27. The second-order valence-corrected chi connectivity index (χ2v) is 6.58. The van der Waals surface area contributed by atoms with Crippen molar-refractivity contribution < 1.29 is 9.59 Å². The van der Waals surface area contributed by atoms with Gasteiger partial charge in [-0.3, -0.25) is 14.5 Å². The number of carbonyl (C=O) groups excluding carboxylic acids is 2. The molecule has 0 aromatic heterocycles. The lowest BCUT2D eigenvalue weighted by atomic mass is 10.2. The standard InChI is InChI=1S/C17H14ClN3O2S/c1-11-4-2-7-14(8-11)21-15(22)10-24-17(21)20-19-16(23)12-5-3-6-13(18)9-12/h2-9H,10H2,1H3,(H,19,23)/b20-17-. The van der Waals surface area contributed by atoms with Crippen molar-refractivity contribution in [1.82, 2.24) is 5.43 Å². The number of hydrogen-bond acceptors (Lipinski definition) is 4. The van der Waals surface area contributed by atoms with E-state index in [9.17, 15) is 9.59 Å². The van der Waals surface area contributed by atoms with E-state index in [1.165, 1.54) is 16.7 Å². The molecule has 3 rings (SSSR count). The first-order chi connectivity index (χ1) is 11.5. The maximum absolute atomic E-state index is 12.1. The van der Waals surface area contributed by atoms with Gasteiger partial charge in [0, 0.05) is 10.6 Å². The number of carbonyl (C=O) groups is 2. The van der Waals surface area contributed by atoms with E-state index in [1.54, 1.807) is 24.3 Å². The van der Waals surface area contributed by atoms with Crippen molar-refractivity contribution in [2.24, 2.45) is 5.10 Å². The van der Waals surface area contributed by atoms with Crippen LogP contribution in [0.25, 0.3) is 0 Å². The lowest BCUT2D eigenvalue weighted by molar-refractivity contribution is -0.115. The number of nitrogens with one attached hydrogen (secondary N) is 1. The summed E-state index contributed by atoms with van der Waals surface area (Å²) in [5.74, 6) is -0.157. The molecule has 24 heavy (non-hydrogen) atoms. The number of hydrogen-bond donors (Lipinski definition) is 1. The highest BCUT2D eigenvalue weighted by Gasteiger charge is 2.30. The molecule has 1 aliphatic heterocycles. The maximum atomic E-state index is 12.1. The van der Waals surface area contributed by atoms with Crippen molar-refractivity contribution in [2.75, 3.05) is 10.7 Å². The van der Waals surface area contributed by atoms with Crippen LogP contribution >= 0.6 is 23.4 Å². The summed E-state index contributed by atoms with van der Waals surface area (Å²) in [7, 11) is 0. The van der Waals surface area contributed by atoms with E-state index in [-0.39, 0.29) is 11.8 Å². The van der Waals surface area contributed by atoms with E-state index >= 15 is 0 Å². The minimum atomic E-state index is -0.380. The summed E-state index contributed by atoms with van der Waals surface area (Å²) in [6, 6.07) is 14.2. The molecular weight excluding hydrogens is 346 g/mol. The molecule has 0 aliphatic carbocycles. The molecule has 1 heterocycles. The summed E-state index contributed by atoms with van der Waals surface area (Å²) in [6.45, 7) is 1.95. The number of benzene rings is 2. The van der Waals surface area contributed by atoms with Gasteiger partial charge in [-0.05, 0) is 42.8 Å². The lowest BCUT2D eigenvalue weighted by Crippen LogP contribution is -2.31. The van der Waals surface area contributed by atoms with E-state index in [0.717, 1.165) is 11.3 Å². The van der Waals surface area contributed by atoms with Crippen LogP contribution in [0.15, 0.2) is 53.6 Å². The van der Waals surface area contributed by atoms with Crippen LogP contribution in [0.4, 0.5) is 5.69 Å². The molecule has 2 aromatic rings. The molecule has 0 atom stereocenters. The van der Waals surface area contributed by atoms with Crippen LogP contribution in [0.5, 0.6) is 0 Å². The molecule has 0 spiro atoms. The summed E-state index contributed by atoms with van der Waals surface area (Å²) >= 11 is 7.17. The Labute approximate surface area is 148 Å². The Hall–Kier alpha value is -2.31. The van der Waals surface area contributed by atoms with Gasteiger partial charge in [0.2, 0.25) is 5.91 Å². The number of hydrazone groups is 1. The summed E-state index contributed by atoms with van der Waals surface area (Å²) in [5.41, 5.74) is 4.66. The number of nitrogens with zero attached hydrogens (tertiary/aromatic N) is 2. The first-order valence-corrected chi connectivity index (χ1v) is 8.57. The van der Waals surface area contributed by atoms with E-state index in [0.29, 0.717) is 21.5 Å². The Kier molecular flexibility index (Phi) is 4.87. The molecule has 1 saturated heterocycles. The van der Waals surface area contributed by atoms with Gasteiger partial charge < -0.3 is 0 Å². The molecule has 5 nitrogen and oxygen atoms in total. The smallest absolute Gasteiger partial charge is 0.271 e. The minimum Gasteiger partial charge on any atom is -0.273 e. The second-order valence-electron chi connectivity index (χ2n) is 5.20. The van der Waals surface area contributed by atoms with E-state index in [2.05, 4.69) is 10.5 Å². The van der Waals surface area contributed by atoms with E-state index in [4.69, 9.17) is 11.6 Å². The maximum Gasteiger partial charge on any atom is 0.271 e. The molecule has 0 saturated carbocycles. The van der Waals surface area contributed by atoms with Gasteiger partial charge >= 0.3 is 0 Å². The molecule has 0 unspecified atom stereocenters. The van der Waals surface area contributed by atoms with Crippen LogP contribution in [-0.2, 0) is 4.79 Å². The average molecular weight is 360 g/mol. The third kappa shape index (κ3) is 3.60. The fourth-order valence-corrected chi connectivity index (χ4v) is 3.28. The monoisotopic (exact) mass is 359 g/mol. The van der Waals surface area contributed by atoms with Gasteiger partial charge in [-0.2, -0.15) is 0 Å². The lowest BCUT2D eigenvalue weighted by Gasteiger charge is -2.16. The van der Waals surface area contributed by atoms with Crippen molar-refractivity contribution in [3.8, 4) is 0 Å². The Morgan fingerprint density at radius 3 is 2.79 bits per heavy atom. The Morgan fingerprint density at radius 1 is 1.25 bits per heavy atom. The summed E-state index contributed by atoms with van der Waals surface area (Å²) in [6.07, 6.45) is 0. The Bertz CT molecular complexity index is 838. The number of thioether (sulfide) groups is 1. The summed E-state index contributed by atoms with van der Waals surface area (Å²) in [5, 5.41) is 5.03. The largest absolute Gasteiger partial charge is 0.273 e. The van der Waals surface area contributed by atoms with Crippen molar-refractivity contribution in [3.63, 3.8) is 0 Å². The highest BCUT2D eigenvalue weighted by atomic mass is 35.5. The van der Waals surface area contributed by atoms with Gasteiger partial charge in [0.15, 0.2) is 5.17 Å². The van der Waals surface area contributed by atoms with Gasteiger partial charge in [-0.1, -0.05) is 41.6 Å². The van der Waals surface area contributed by atoms with Crippen LogP contribution in [-0.4, -0.2) is 22.7 Å². The van der Waals surface area contributed by atoms with Gasteiger partial charge in [0.05, 0.1) is 11.4 Å². The fraction of sp³-hybridized carbons (Fsp3) is 0.118. The number of anilines is 1. The third-order valence-electron chi connectivity index (χ3n) is 3.37. The SMILES string of the molecule is Cc1cccc(N2C(=O)CS/C2=N\NC(=O)c2cccc(Cl)c2)c1. The molecule has 0 radical (unpaired) electrons. The predicted molar refractivity (Wildman–Crippen MR) is 97.5 cm³/mol. The van der Waals surface area contributed by atoms with Gasteiger partial charge in [-0.15, -0.1) is 5.10 Å². The quantitative estimate of drug-likeness (QED) is 0.854. The number of rotatable bonds is 3. The highest BCUT2D eigenvalue weighted by molar-refractivity contribution is 8.15. The van der Waals surface area contributed by atoms with Crippen molar-refractivity contribution in [2.45, 2.75) is 6.92 Å². The van der Waals surface area contributed by atoms with Gasteiger partial charge in [-0.25, -0.2) is 5.43 Å². The molecule has 2 amide bonds. The van der Waals surface area contributed by atoms with Crippen molar-refractivity contribution in [1.29, 1.82) is 0 Å². The van der Waals surface area contributed by atoms with Gasteiger partial charge in [0.1, 0.15) is 0 Å². The number of halogens is 1. The average Bonchev–Trinajstić information content (AvgIpc) is 2.93. The molecule has 0 bridgehead atoms. The fourth-order valence-electron chi connectivity index (χ4n) is 2.26. The molecule has 7 heteroatoms. The van der Waals surface area contributed by atoms with Crippen LogP contribution in [0.1, 0.15) is 15.9 Å². The number of amides is 2. The van der Waals surface area contributed by atoms with E-state index in [1.807, 2.05) is 31.2 Å². The Balaban J connectivity index is 1.81. The van der Waals surface area contributed by atoms with E-state index < -0.39 is 0 Å². The molecule has 2 aromatic carbocycles. The van der Waals surface area contributed by atoms with Crippen LogP contribution in [0.2, 0.25) is 5.02 Å². The zero-order valence-corrected chi connectivity index (χ0v) is 14.4. The van der Waals surface area contributed by atoms with Crippen molar-refractivity contribution >= 4 is 46.0 Å². The number of aryl methyl sites for hydroxylation is 1. The van der Waals surface area contributed by atoms with Crippen molar-refractivity contribution in [3.05, 3.63) is 64.7 Å². The molecule has 122 valence electrons. The molecular formula is C17H14ClN3O2S. The molecule has 1 N–H and O–H groups in total. The topological polar surface area (TPSA) is 61.8 Å². The van der Waals surface area contributed by atoms with Crippen LogP contribution in [0, 0.1) is 6.92 Å². The summed E-state index contributed by atoms with van der Waals surface area (Å²) in [4.78, 5) is 25.8. The zero-order valence-electron chi connectivity index (χ0n) is 12.8. The summed E-state index contributed by atoms with van der Waals surface area (Å²) < 4.78 is 0. The second kappa shape index (κ2) is 7.07. The zero-order chi connectivity index (χ0) is 17.1. The van der Waals surface area contributed by atoms with Gasteiger partial charge in [0.25, 0.3) is 5.91 Å². The molecule has 1 fully saturated rings. The van der Waals surface area contributed by atoms with Crippen LogP contribution in [0.3, 0.4) is 0 Å². The molecule has 1 aliphatic rings. The Morgan fingerprint density at radius 2 is 2.04 bits per heavy atom. The first kappa shape index (κ1) is 16.5.